The number of nitrogens with zero attached hydrogens (tertiary/aromatic N) is 1. The van der Waals surface area contributed by atoms with E-state index in [0.29, 0.717) is 28.3 Å². The van der Waals surface area contributed by atoms with E-state index in [1.165, 1.54) is 4.90 Å². The number of halogens is 1. The van der Waals surface area contributed by atoms with Crippen LogP contribution >= 0.6 is 11.6 Å². The van der Waals surface area contributed by atoms with Crippen molar-refractivity contribution < 1.29 is 24.5 Å². The number of fused-ring (bicyclic) bond motifs is 1. The lowest BCUT2D eigenvalue weighted by molar-refractivity contribution is -0.00434. The lowest BCUT2D eigenvalue weighted by atomic mass is 9.99. The second-order valence-electron chi connectivity index (χ2n) is 8.13. The van der Waals surface area contributed by atoms with E-state index in [9.17, 15) is 15.0 Å². The van der Waals surface area contributed by atoms with E-state index in [1.807, 2.05) is 0 Å². The van der Waals surface area contributed by atoms with Crippen LogP contribution in [0, 0.1) is 0 Å². The second-order valence-corrected chi connectivity index (χ2v) is 8.56. The van der Waals surface area contributed by atoms with E-state index in [4.69, 9.17) is 21.1 Å². The molecule has 0 saturated carbocycles. The minimum absolute atomic E-state index is 0.00616. The Kier molecular flexibility index (Phi) is 6.24. The van der Waals surface area contributed by atoms with Crippen molar-refractivity contribution in [1.82, 2.24) is 4.90 Å². The minimum atomic E-state index is -0.952. The Morgan fingerprint density at radius 3 is 2.72 bits per heavy atom. The summed E-state index contributed by atoms with van der Waals surface area (Å²) in [4.78, 5) is 14.4. The van der Waals surface area contributed by atoms with Gasteiger partial charge in [-0.2, -0.15) is 0 Å². The second kappa shape index (κ2) is 8.51. The number of carbonyl (C=O) groups excluding carboxylic acids is 1. The number of aliphatic hydroxyl groups excluding tert-OH is 1. The fourth-order valence-corrected chi connectivity index (χ4v) is 3.47. The van der Waals surface area contributed by atoms with E-state index in [2.05, 4.69) is 0 Å². The zero-order valence-electron chi connectivity index (χ0n) is 16.8. The molecule has 29 heavy (non-hydrogen) atoms. The normalized spacial score (nSPS) is 17.1. The molecule has 0 radical (unpaired) electrons. The Bertz CT molecular complexity index is 880. The average molecular weight is 420 g/mol. The Morgan fingerprint density at radius 2 is 2.03 bits per heavy atom. The summed E-state index contributed by atoms with van der Waals surface area (Å²) in [5.74, 6) is 0.715. The molecule has 7 heteroatoms. The summed E-state index contributed by atoms with van der Waals surface area (Å²) >= 11 is 6.03. The van der Waals surface area contributed by atoms with Gasteiger partial charge in [0.25, 0.3) is 0 Å². The third-order valence-electron chi connectivity index (χ3n) is 4.65. The molecule has 1 unspecified atom stereocenters. The molecular formula is C22H26ClNO5. The number of carbonyl (C=O) groups is 1. The predicted molar refractivity (Wildman–Crippen MR) is 110 cm³/mol. The molecule has 0 aliphatic carbocycles. The van der Waals surface area contributed by atoms with Crippen molar-refractivity contribution in [3.63, 3.8) is 0 Å². The molecule has 1 aliphatic rings. The number of amides is 1. The highest BCUT2D eigenvalue weighted by molar-refractivity contribution is 6.30. The molecule has 2 aromatic rings. The molecule has 0 spiro atoms. The fraction of sp³-hybridized carbons (Fsp3) is 0.409. The van der Waals surface area contributed by atoms with Crippen LogP contribution in [0.5, 0.6) is 11.5 Å². The standard InChI is InChI=1S/C22H26ClNO5/c1-22(2,3)29-21(27)24(12-19(26)14-6-4-7-15(23)10-14)16-11-17-18(25)8-5-9-20(17)28-13-16/h4-10,16,19,25-26H,11-13H2,1-3H3/t16?,19-/m0/s1. The predicted octanol–water partition coefficient (Wildman–Crippen LogP) is 4.32. The zero-order chi connectivity index (χ0) is 21.2. The number of phenols is 1. The highest BCUT2D eigenvalue weighted by atomic mass is 35.5. The molecule has 2 N–H and O–H groups in total. The minimum Gasteiger partial charge on any atom is -0.508 e. The van der Waals surface area contributed by atoms with Gasteiger partial charge >= 0.3 is 6.09 Å². The van der Waals surface area contributed by atoms with Crippen molar-refractivity contribution in [2.45, 2.75) is 44.9 Å². The number of ether oxygens (including phenoxy) is 2. The Balaban J connectivity index is 1.85. The number of benzene rings is 2. The summed E-state index contributed by atoms with van der Waals surface area (Å²) in [5.41, 5.74) is 0.548. The van der Waals surface area contributed by atoms with Crippen molar-refractivity contribution in [3.05, 3.63) is 58.6 Å². The van der Waals surface area contributed by atoms with Crippen molar-refractivity contribution in [2.24, 2.45) is 0 Å². The summed E-state index contributed by atoms with van der Waals surface area (Å²) in [6.45, 7) is 5.60. The molecule has 0 bridgehead atoms. The van der Waals surface area contributed by atoms with Crippen molar-refractivity contribution in [3.8, 4) is 11.5 Å². The van der Waals surface area contributed by atoms with Gasteiger partial charge in [-0.1, -0.05) is 29.8 Å². The fourth-order valence-electron chi connectivity index (χ4n) is 3.27. The van der Waals surface area contributed by atoms with E-state index in [1.54, 1.807) is 63.2 Å². The van der Waals surface area contributed by atoms with Gasteiger partial charge in [0.05, 0.1) is 18.7 Å². The SMILES string of the molecule is CC(C)(C)OC(=O)N(C[C@H](O)c1cccc(Cl)c1)C1COc2cccc(O)c2C1. The summed E-state index contributed by atoms with van der Waals surface area (Å²) in [6.07, 6.45) is -1.11. The van der Waals surface area contributed by atoms with E-state index < -0.39 is 23.8 Å². The number of phenolic OH excluding ortho intramolecular Hbond substituents is 1. The molecule has 1 aliphatic heterocycles. The van der Waals surface area contributed by atoms with Crippen LogP contribution in [0.1, 0.15) is 38.0 Å². The van der Waals surface area contributed by atoms with Gasteiger partial charge in [0, 0.05) is 17.0 Å². The lowest BCUT2D eigenvalue weighted by Crippen LogP contribution is -2.50. The molecule has 2 aromatic carbocycles. The smallest absolute Gasteiger partial charge is 0.410 e. The number of hydrogen-bond acceptors (Lipinski definition) is 5. The third-order valence-corrected chi connectivity index (χ3v) is 4.89. The molecule has 3 rings (SSSR count). The van der Waals surface area contributed by atoms with Gasteiger partial charge in [-0.3, -0.25) is 4.90 Å². The van der Waals surface area contributed by atoms with Gasteiger partial charge in [-0.25, -0.2) is 4.79 Å². The first-order valence-corrected chi connectivity index (χ1v) is 9.88. The quantitative estimate of drug-likeness (QED) is 0.771. The monoisotopic (exact) mass is 419 g/mol. The third kappa shape index (κ3) is 5.34. The number of rotatable bonds is 4. The molecule has 6 nitrogen and oxygen atoms in total. The topological polar surface area (TPSA) is 79.2 Å². The molecule has 2 atom stereocenters. The van der Waals surface area contributed by atoms with Gasteiger partial charge < -0.3 is 19.7 Å². The Morgan fingerprint density at radius 1 is 1.31 bits per heavy atom. The van der Waals surface area contributed by atoms with Crippen LogP contribution in [0.15, 0.2) is 42.5 Å². The molecule has 0 saturated heterocycles. The van der Waals surface area contributed by atoms with Gasteiger partial charge in [0.1, 0.15) is 23.7 Å². The van der Waals surface area contributed by atoms with Crippen LogP contribution < -0.4 is 4.74 Å². The molecule has 0 aromatic heterocycles. The number of aliphatic hydroxyl groups is 1. The van der Waals surface area contributed by atoms with Crippen molar-refractivity contribution in [2.75, 3.05) is 13.2 Å². The summed E-state index contributed by atoms with van der Waals surface area (Å²) in [6, 6.07) is 11.6. The maximum atomic E-state index is 12.9. The number of aromatic hydroxyl groups is 1. The molecule has 0 fully saturated rings. The first-order chi connectivity index (χ1) is 13.6. The Labute approximate surface area is 175 Å². The van der Waals surface area contributed by atoms with E-state index in [-0.39, 0.29) is 18.9 Å². The molecular weight excluding hydrogens is 394 g/mol. The van der Waals surface area contributed by atoms with Gasteiger partial charge in [0.2, 0.25) is 0 Å². The van der Waals surface area contributed by atoms with Crippen LogP contribution in [-0.2, 0) is 11.2 Å². The van der Waals surface area contributed by atoms with Gasteiger partial charge in [0.15, 0.2) is 0 Å². The number of hydrogen-bond donors (Lipinski definition) is 2. The van der Waals surface area contributed by atoms with E-state index >= 15 is 0 Å². The summed E-state index contributed by atoms with van der Waals surface area (Å²) in [7, 11) is 0. The highest BCUT2D eigenvalue weighted by Crippen LogP contribution is 2.34. The Hall–Kier alpha value is -2.44. The zero-order valence-corrected chi connectivity index (χ0v) is 17.5. The van der Waals surface area contributed by atoms with Gasteiger partial charge in [-0.05, 0) is 50.6 Å². The van der Waals surface area contributed by atoms with Crippen LogP contribution in [0.25, 0.3) is 0 Å². The maximum Gasteiger partial charge on any atom is 0.410 e. The molecule has 1 heterocycles. The maximum absolute atomic E-state index is 12.9. The molecule has 1 amide bonds. The first-order valence-electron chi connectivity index (χ1n) is 9.51. The largest absolute Gasteiger partial charge is 0.508 e. The highest BCUT2D eigenvalue weighted by Gasteiger charge is 2.34. The average Bonchev–Trinajstić information content (AvgIpc) is 2.64. The van der Waals surface area contributed by atoms with Crippen LogP contribution in [0.3, 0.4) is 0 Å². The van der Waals surface area contributed by atoms with Crippen LogP contribution in [0.2, 0.25) is 5.02 Å². The van der Waals surface area contributed by atoms with Crippen LogP contribution in [0.4, 0.5) is 4.79 Å². The lowest BCUT2D eigenvalue weighted by Gasteiger charge is -2.37. The summed E-state index contributed by atoms with van der Waals surface area (Å²) < 4.78 is 11.3. The van der Waals surface area contributed by atoms with Crippen molar-refractivity contribution in [1.29, 1.82) is 0 Å². The molecule has 156 valence electrons. The van der Waals surface area contributed by atoms with Crippen LogP contribution in [-0.4, -0.2) is 46.0 Å². The first kappa shape index (κ1) is 21.3. The summed E-state index contributed by atoms with van der Waals surface area (Å²) in [5, 5.41) is 21.4. The van der Waals surface area contributed by atoms with Gasteiger partial charge in [-0.15, -0.1) is 0 Å². The van der Waals surface area contributed by atoms with E-state index in [0.717, 1.165) is 0 Å². The van der Waals surface area contributed by atoms with Crippen molar-refractivity contribution >= 4 is 17.7 Å².